The van der Waals surface area contributed by atoms with Gasteiger partial charge in [0.15, 0.2) is 9.84 Å². The van der Waals surface area contributed by atoms with E-state index in [-0.39, 0.29) is 11.0 Å². The summed E-state index contributed by atoms with van der Waals surface area (Å²) in [6.07, 6.45) is 1.92. The van der Waals surface area contributed by atoms with E-state index in [1.807, 2.05) is 12.1 Å². The maximum absolute atomic E-state index is 12.0. The molecule has 0 bridgehead atoms. The van der Waals surface area contributed by atoms with Crippen LogP contribution in [-0.2, 0) is 33.2 Å². The maximum Gasteiger partial charge on any atom is 0.156 e. The van der Waals surface area contributed by atoms with Gasteiger partial charge in [-0.15, -0.1) is 0 Å². The number of aryl methyl sites for hydroxylation is 2. The van der Waals surface area contributed by atoms with E-state index in [2.05, 4.69) is 41.3 Å². The van der Waals surface area contributed by atoms with Crippen molar-refractivity contribution in [3.05, 3.63) is 65.2 Å². The molecule has 0 amide bonds. The molecule has 2 aromatic carbocycles. The Morgan fingerprint density at radius 1 is 0.926 bits per heavy atom. The van der Waals surface area contributed by atoms with Gasteiger partial charge in [-0.2, -0.15) is 0 Å². The number of hydrogen-bond acceptors (Lipinski definition) is 4. The second-order valence-corrected chi connectivity index (χ2v) is 10.00. The number of hydrogen-bond donors (Lipinski definition) is 0. The minimum atomic E-state index is -3.05. The van der Waals surface area contributed by atoms with Gasteiger partial charge in [0.2, 0.25) is 0 Å². The smallest absolute Gasteiger partial charge is 0.156 e. The predicted octanol–water partition coefficient (Wildman–Crippen LogP) is 3.63. The third-order valence-electron chi connectivity index (χ3n) is 5.10. The largest absolute Gasteiger partial charge is 0.378 e. The molecule has 0 N–H and O–H groups in total. The third-order valence-corrected chi connectivity index (χ3v) is 7.27. The SMILES string of the molecule is CC(C)S(=O)(=O)Cc1ccc(CCc2cccc(N3CCOCC3)c2)cc1. The van der Waals surface area contributed by atoms with Gasteiger partial charge in [-0.25, -0.2) is 8.42 Å². The Balaban J connectivity index is 1.58. The van der Waals surface area contributed by atoms with Crippen LogP contribution in [0.3, 0.4) is 0 Å². The highest BCUT2D eigenvalue weighted by Gasteiger charge is 2.16. The molecule has 146 valence electrons. The van der Waals surface area contributed by atoms with E-state index in [0.717, 1.165) is 44.7 Å². The number of sulfone groups is 1. The molecule has 5 heteroatoms. The Morgan fingerprint density at radius 2 is 1.56 bits per heavy atom. The predicted molar refractivity (Wildman–Crippen MR) is 111 cm³/mol. The molecule has 0 atom stereocenters. The molecule has 0 radical (unpaired) electrons. The molecule has 0 aromatic heterocycles. The van der Waals surface area contributed by atoms with Gasteiger partial charge in [-0.05, 0) is 55.5 Å². The van der Waals surface area contributed by atoms with Crippen molar-refractivity contribution in [1.82, 2.24) is 0 Å². The Kier molecular flexibility index (Phi) is 6.55. The number of morpholine rings is 1. The van der Waals surface area contributed by atoms with Crippen LogP contribution in [0.5, 0.6) is 0 Å². The molecule has 3 rings (SSSR count). The van der Waals surface area contributed by atoms with Crippen LogP contribution in [0.25, 0.3) is 0 Å². The minimum Gasteiger partial charge on any atom is -0.378 e. The Bertz CT molecular complexity index is 838. The first-order valence-electron chi connectivity index (χ1n) is 9.65. The first kappa shape index (κ1) is 19.9. The number of rotatable bonds is 7. The van der Waals surface area contributed by atoms with E-state index in [1.54, 1.807) is 13.8 Å². The molecule has 1 heterocycles. The molecule has 1 aliphatic rings. The van der Waals surface area contributed by atoms with E-state index in [0.29, 0.717) is 0 Å². The summed E-state index contributed by atoms with van der Waals surface area (Å²) in [5.41, 5.74) is 4.69. The van der Waals surface area contributed by atoms with Crippen LogP contribution in [0.15, 0.2) is 48.5 Å². The average Bonchev–Trinajstić information content (AvgIpc) is 2.68. The van der Waals surface area contributed by atoms with Gasteiger partial charge in [-0.1, -0.05) is 36.4 Å². The standard InChI is InChI=1S/C22H29NO3S/c1-18(2)27(24,25)17-21-10-7-19(8-11-21)6-9-20-4-3-5-22(16-20)23-12-14-26-15-13-23/h3-5,7-8,10-11,16,18H,6,9,12-15,17H2,1-2H3. The molecular weight excluding hydrogens is 358 g/mol. The summed E-state index contributed by atoms with van der Waals surface area (Å²) in [6, 6.07) is 16.7. The van der Waals surface area contributed by atoms with Crippen molar-refractivity contribution >= 4 is 15.5 Å². The van der Waals surface area contributed by atoms with Gasteiger partial charge in [0.05, 0.1) is 24.2 Å². The van der Waals surface area contributed by atoms with Gasteiger partial charge < -0.3 is 9.64 Å². The highest BCUT2D eigenvalue weighted by molar-refractivity contribution is 7.91. The number of anilines is 1. The minimum absolute atomic E-state index is 0.118. The second kappa shape index (κ2) is 8.89. The van der Waals surface area contributed by atoms with Crippen molar-refractivity contribution < 1.29 is 13.2 Å². The van der Waals surface area contributed by atoms with Crippen LogP contribution in [0.4, 0.5) is 5.69 Å². The summed E-state index contributed by atoms with van der Waals surface area (Å²) in [4.78, 5) is 2.37. The van der Waals surface area contributed by atoms with Crippen LogP contribution < -0.4 is 4.90 Å². The second-order valence-electron chi connectivity index (χ2n) is 7.44. The molecule has 0 spiro atoms. The summed E-state index contributed by atoms with van der Waals surface area (Å²) in [6.45, 7) is 6.95. The molecule has 0 unspecified atom stereocenters. The lowest BCUT2D eigenvalue weighted by atomic mass is 10.0. The summed E-state index contributed by atoms with van der Waals surface area (Å²) in [7, 11) is -3.05. The summed E-state index contributed by atoms with van der Waals surface area (Å²) in [5.74, 6) is 0.118. The zero-order valence-corrected chi connectivity index (χ0v) is 17.0. The van der Waals surface area contributed by atoms with Gasteiger partial charge in [0.1, 0.15) is 0 Å². The van der Waals surface area contributed by atoms with Crippen LogP contribution in [-0.4, -0.2) is 40.0 Å². The Hall–Kier alpha value is -1.85. The first-order valence-corrected chi connectivity index (χ1v) is 11.4. The van der Waals surface area contributed by atoms with Gasteiger partial charge in [0.25, 0.3) is 0 Å². The van der Waals surface area contributed by atoms with Crippen LogP contribution in [0.2, 0.25) is 0 Å². The van der Waals surface area contributed by atoms with Crippen molar-refractivity contribution in [3.8, 4) is 0 Å². The third kappa shape index (κ3) is 5.56. The van der Waals surface area contributed by atoms with E-state index in [1.165, 1.54) is 16.8 Å². The zero-order valence-electron chi connectivity index (χ0n) is 16.2. The van der Waals surface area contributed by atoms with Gasteiger partial charge in [-0.3, -0.25) is 0 Å². The van der Waals surface area contributed by atoms with E-state index < -0.39 is 9.84 Å². The molecule has 0 aliphatic carbocycles. The molecule has 1 aliphatic heterocycles. The van der Waals surface area contributed by atoms with Crippen molar-refractivity contribution in [2.75, 3.05) is 31.2 Å². The average molecular weight is 388 g/mol. The highest BCUT2D eigenvalue weighted by Crippen LogP contribution is 2.19. The summed E-state index contributed by atoms with van der Waals surface area (Å²) in [5, 5.41) is -0.337. The number of nitrogens with zero attached hydrogens (tertiary/aromatic N) is 1. The highest BCUT2D eigenvalue weighted by atomic mass is 32.2. The number of benzene rings is 2. The summed E-state index contributed by atoms with van der Waals surface area (Å²) >= 11 is 0. The van der Waals surface area contributed by atoms with Gasteiger partial charge >= 0.3 is 0 Å². The Labute approximate surface area is 163 Å². The lowest BCUT2D eigenvalue weighted by Crippen LogP contribution is -2.36. The maximum atomic E-state index is 12.0. The van der Waals surface area contributed by atoms with Crippen molar-refractivity contribution in [3.63, 3.8) is 0 Å². The molecule has 0 saturated carbocycles. The normalized spacial score (nSPS) is 15.3. The molecule has 2 aromatic rings. The van der Waals surface area contributed by atoms with Crippen molar-refractivity contribution in [1.29, 1.82) is 0 Å². The first-order chi connectivity index (χ1) is 12.9. The lowest BCUT2D eigenvalue weighted by molar-refractivity contribution is 0.122. The van der Waals surface area contributed by atoms with Crippen molar-refractivity contribution in [2.24, 2.45) is 0 Å². The fourth-order valence-electron chi connectivity index (χ4n) is 3.22. The van der Waals surface area contributed by atoms with E-state index >= 15 is 0 Å². The lowest BCUT2D eigenvalue weighted by Gasteiger charge is -2.29. The quantitative estimate of drug-likeness (QED) is 0.728. The fraction of sp³-hybridized carbons (Fsp3) is 0.455. The molecule has 1 fully saturated rings. The fourth-order valence-corrected chi connectivity index (χ4v) is 4.21. The topological polar surface area (TPSA) is 46.6 Å². The van der Waals surface area contributed by atoms with Crippen LogP contribution in [0.1, 0.15) is 30.5 Å². The monoisotopic (exact) mass is 387 g/mol. The van der Waals surface area contributed by atoms with Crippen LogP contribution >= 0.6 is 0 Å². The van der Waals surface area contributed by atoms with Crippen molar-refractivity contribution in [2.45, 2.75) is 37.7 Å². The zero-order chi connectivity index (χ0) is 19.3. The molecular formula is C22H29NO3S. The van der Waals surface area contributed by atoms with E-state index in [9.17, 15) is 8.42 Å². The molecule has 27 heavy (non-hydrogen) atoms. The van der Waals surface area contributed by atoms with Gasteiger partial charge in [0, 0.05) is 18.8 Å². The number of ether oxygens (including phenoxy) is 1. The Morgan fingerprint density at radius 3 is 2.22 bits per heavy atom. The molecule has 1 saturated heterocycles. The summed E-state index contributed by atoms with van der Waals surface area (Å²) < 4.78 is 29.5. The molecule has 4 nitrogen and oxygen atoms in total. The van der Waals surface area contributed by atoms with Crippen LogP contribution in [0, 0.1) is 0 Å². The van der Waals surface area contributed by atoms with E-state index in [4.69, 9.17) is 4.74 Å².